The van der Waals surface area contributed by atoms with Crippen LogP contribution in [0.2, 0.25) is 0 Å². The van der Waals surface area contributed by atoms with Gasteiger partial charge in [-0.3, -0.25) is 9.69 Å². The molecule has 1 fully saturated rings. The maximum atomic E-state index is 11.8. The molecule has 0 saturated heterocycles. The van der Waals surface area contributed by atoms with Crippen molar-refractivity contribution in [3.63, 3.8) is 0 Å². The smallest absolute Gasteiger partial charge is 0.322 e. The van der Waals surface area contributed by atoms with Crippen LogP contribution < -0.4 is 0 Å². The number of halogens is 1. The molecular formula is C13H20BrN3O2. The van der Waals surface area contributed by atoms with Crippen LogP contribution in [0.4, 0.5) is 0 Å². The molecule has 0 radical (unpaired) electrons. The molecule has 1 aliphatic rings. The summed E-state index contributed by atoms with van der Waals surface area (Å²) < 4.78 is 7.68. The van der Waals surface area contributed by atoms with Crippen LogP contribution in [-0.2, 0) is 23.1 Å². The molecule has 0 aliphatic heterocycles. The van der Waals surface area contributed by atoms with E-state index in [1.165, 1.54) is 13.5 Å². The number of hydrogen-bond donors (Lipinski definition) is 0. The highest BCUT2D eigenvalue weighted by atomic mass is 79.9. The first kappa shape index (κ1) is 14.5. The third kappa shape index (κ3) is 3.00. The van der Waals surface area contributed by atoms with E-state index >= 15 is 0 Å². The van der Waals surface area contributed by atoms with Gasteiger partial charge in [-0.25, -0.2) is 4.98 Å². The van der Waals surface area contributed by atoms with Gasteiger partial charge in [0.1, 0.15) is 6.04 Å². The van der Waals surface area contributed by atoms with E-state index in [-0.39, 0.29) is 12.0 Å². The molecule has 0 unspecified atom stereocenters. The number of aromatic nitrogens is 2. The third-order valence-corrected chi connectivity index (χ3v) is 4.69. The van der Waals surface area contributed by atoms with Crippen LogP contribution in [-0.4, -0.2) is 39.6 Å². The van der Waals surface area contributed by atoms with Crippen LogP contribution in [0, 0.1) is 0 Å². The Hall–Kier alpha value is -0.880. The number of nitrogens with zero attached hydrogens (tertiary/aromatic N) is 3. The van der Waals surface area contributed by atoms with E-state index in [9.17, 15) is 4.79 Å². The fourth-order valence-corrected chi connectivity index (χ4v) is 2.69. The third-order valence-electron chi connectivity index (χ3n) is 3.96. The Morgan fingerprint density at radius 2 is 2.37 bits per heavy atom. The van der Waals surface area contributed by atoms with Crippen molar-refractivity contribution >= 4 is 21.9 Å². The van der Waals surface area contributed by atoms with Gasteiger partial charge in [0.2, 0.25) is 0 Å². The van der Waals surface area contributed by atoms with Crippen LogP contribution in [0.3, 0.4) is 0 Å². The first-order chi connectivity index (χ1) is 9.04. The van der Waals surface area contributed by atoms with E-state index in [0.717, 1.165) is 29.8 Å². The van der Waals surface area contributed by atoms with Gasteiger partial charge in [-0.2, -0.15) is 0 Å². The molecule has 1 aromatic rings. The summed E-state index contributed by atoms with van der Waals surface area (Å²) in [5.41, 5.74) is 1.09. The van der Waals surface area contributed by atoms with Crippen molar-refractivity contribution in [3.8, 4) is 0 Å². The van der Waals surface area contributed by atoms with Gasteiger partial charge in [-0.15, -0.1) is 0 Å². The average molecular weight is 330 g/mol. The minimum Gasteiger partial charge on any atom is -0.468 e. The Morgan fingerprint density at radius 3 is 2.79 bits per heavy atom. The van der Waals surface area contributed by atoms with Crippen molar-refractivity contribution in [3.05, 3.63) is 16.6 Å². The van der Waals surface area contributed by atoms with Crippen LogP contribution in [0.5, 0.6) is 0 Å². The molecule has 1 aliphatic carbocycles. The number of methoxy groups -OCH3 is 1. The second-order valence-corrected chi connectivity index (χ2v) is 5.74. The standard InChI is InChI=1S/C13H20BrN3O2/c1-9(12(18)19-3)17(10-5-4-6-10)8-11-7-15-13(14)16(11)2/h7,9-10H,4-6,8H2,1-3H3/t9-/m1/s1. The van der Waals surface area contributed by atoms with Gasteiger partial charge in [-0.05, 0) is 35.7 Å². The molecule has 0 aromatic carbocycles. The monoisotopic (exact) mass is 329 g/mol. The maximum Gasteiger partial charge on any atom is 0.322 e. The Labute approximate surface area is 122 Å². The van der Waals surface area contributed by atoms with Crippen LogP contribution in [0.15, 0.2) is 10.9 Å². The summed E-state index contributed by atoms with van der Waals surface area (Å²) in [4.78, 5) is 18.2. The number of ether oxygens (including phenoxy) is 1. The summed E-state index contributed by atoms with van der Waals surface area (Å²) in [6, 6.07) is 0.256. The van der Waals surface area contributed by atoms with Gasteiger partial charge in [0, 0.05) is 19.6 Å². The van der Waals surface area contributed by atoms with Crippen LogP contribution >= 0.6 is 15.9 Å². The van der Waals surface area contributed by atoms with Crippen molar-refractivity contribution in [2.45, 2.75) is 44.8 Å². The lowest BCUT2D eigenvalue weighted by atomic mass is 9.90. The number of esters is 1. The zero-order chi connectivity index (χ0) is 14.0. The molecule has 1 heterocycles. The topological polar surface area (TPSA) is 47.4 Å². The fraction of sp³-hybridized carbons (Fsp3) is 0.692. The molecule has 1 saturated carbocycles. The maximum absolute atomic E-state index is 11.8. The second kappa shape index (κ2) is 6.05. The molecule has 0 amide bonds. The van der Waals surface area contributed by atoms with E-state index in [1.807, 2.05) is 24.7 Å². The number of hydrogen-bond acceptors (Lipinski definition) is 4. The molecule has 2 rings (SSSR count). The second-order valence-electron chi connectivity index (χ2n) is 5.03. The Balaban J connectivity index is 2.14. The molecule has 0 bridgehead atoms. The van der Waals surface area contributed by atoms with Gasteiger partial charge in [0.05, 0.1) is 19.0 Å². The molecule has 0 N–H and O–H groups in total. The highest BCUT2D eigenvalue weighted by molar-refractivity contribution is 9.10. The summed E-state index contributed by atoms with van der Waals surface area (Å²) in [6.07, 6.45) is 5.39. The first-order valence-electron chi connectivity index (χ1n) is 6.54. The van der Waals surface area contributed by atoms with E-state index in [0.29, 0.717) is 6.04 Å². The van der Waals surface area contributed by atoms with Gasteiger partial charge >= 0.3 is 5.97 Å². The van der Waals surface area contributed by atoms with E-state index in [1.54, 1.807) is 0 Å². The molecule has 1 aromatic heterocycles. The predicted molar refractivity (Wildman–Crippen MR) is 75.6 cm³/mol. The number of imidazole rings is 1. The molecule has 6 heteroatoms. The van der Waals surface area contributed by atoms with Crippen LogP contribution in [0.25, 0.3) is 0 Å². The molecule has 5 nitrogen and oxygen atoms in total. The quantitative estimate of drug-likeness (QED) is 0.776. The number of rotatable bonds is 5. The van der Waals surface area contributed by atoms with Crippen molar-refractivity contribution in [1.29, 1.82) is 0 Å². The number of carbonyl (C=O) groups is 1. The van der Waals surface area contributed by atoms with Gasteiger partial charge in [0.15, 0.2) is 4.73 Å². The lowest BCUT2D eigenvalue weighted by Crippen LogP contribution is -2.48. The normalized spacial score (nSPS) is 17.3. The summed E-state index contributed by atoms with van der Waals surface area (Å²) in [6.45, 7) is 2.63. The first-order valence-corrected chi connectivity index (χ1v) is 7.33. The average Bonchev–Trinajstić information content (AvgIpc) is 2.65. The lowest BCUT2D eigenvalue weighted by molar-refractivity contribution is -0.148. The van der Waals surface area contributed by atoms with E-state index < -0.39 is 0 Å². The SMILES string of the molecule is COC(=O)[C@@H](C)N(Cc1cnc(Br)n1C)C1CCC1. The minimum absolute atomic E-state index is 0.173. The minimum atomic E-state index is -0.219. The van der Waals surface area contributed by atoms with Gasteiger partial charge in [-0.1, -0.05) is 6.42 Å². The Bertz CT molecular complexity index is 457. The summed E-state index contributed by atoms with van der Waals surface area (Å²) in [5, 5.41) is 0. The molecule has 0 spiro atoms. The summed E-state index contributed by atoms with van der Waals surface area (Å²) >= 11 is 3.40. The summed E-state index contributed by atoms with van der Waals surface area (Å²) in [5.74, 6) is -0.173. The van der Waals surface area contributed by atoms with Crippen molar-refractivity contribution < 1.29 is 9.53 Å². The molecule has 19 heavy (non-hydrogen) atoms. The Kier molecular flexibility index (Phi) is 4.62. The van der Waals surface area contributed by atoms with Gasteiger partial charge in [0.25, 0.3) is 0 Å². The molecular weight excluding hydrogens is 310 g/mol. The van der Waals surface area contributed by atoms with Crippen molar-refractivity contribution in [2.24, 2.45) is 7.05 Å². The van der Waals surface area contributed by atoms with Crippen molar-refractivity contribution in [2.75, 3.05) is 7.11 Å². The zero-order valence-electron chi connectivity index (χ0n) is 11.6. The number of carbonyl (C=O) groups excluding carboxylic acids is 1. The summed E-state index contributed by atoms with van der Waals surface area (Å²) in [7, 11) is 3.41. The molecule has 1 atom stereocenters. The van der Waals surface area contributed by atoms with Gasteiger partial charge < -0.3 is 9.30 Å². The molecule has 106 valence electrons. The van der Waals surface area contributed by atoms with Crippen LogP contribution in [0.1, 0.15) is 31.9 Å². The Morgan fingerprint density at radius 1 is 1.68 bits per heavy atom. The van der Waals surface area contributed by atoms with E-state index in [2.05, 4.69) is 25.8 Å². The highest BCUT2D eigenvalue weighted by Crippen LogP contribution is 2.28. The van der Waals surface area contributed by atoms with E-state index in [4.69, 9.17) is 4.74 Å². The largest absolute Gasteiger partial charge is 0.468 e. The predicted octanol–water partition coefficient (Wildman–Crippen LogP) is 2.10. The van der Waals surface area contributed by atoms with Crippen molar-refractivity contribution in [1.82, 2.24) is 14.5 Å². The lowest BCUT2D eigenvalue weighted by Gasteiger charge is -2.40. The zero-order valence-corrected chi connectivity index (χ0v) is 13.2. The fourth-order valence-electron chi connectivity index (χ4n) is 2.36. The highest BCUT2D eigenvalue weighted by Gasteiger charge is 2.32.